The van der Waals surface area contributed by atoms with Crippen molar-refractivity contribution in [1.29, 1.82) is 0 Å². The van der Waals surface area contributed by atoms with Gasteiger partial charge in [0.1, 0.15) is 6.17 Å². The van der Waals surface area contributed by atoms with Crippen molar-refractivity contribution in [3.05, 3.63) is 35.4 Å². The van der Waals surface area contributed by atoms with Crippen molar-refractivity contribution in [2.75, 3.05) is 13.1 Å². The van der Waals surface area contributed by atoms with E-state index in [1.165, 1.54) is 5.56 Å². The van der Waals surface area contributed by atoms with E-state index in [-0.39, 0.29) is 6.17 Å². The monoisotopic (exact) mass is 234 g/mol. The van der Waals surface area contributed by atoms with Crippen molar-refractivity contribution in [2.24, 2.45) is 0 Å². The maximum absolute atomic E-state index is 10.9. The Balaban J connectivity index is 2.28. The van der Waals surface area contributed by atoms with Crippen LogP contribution >= 0.6 is 0 Å². The molecule has 0 radical (unpaired) electrons. The summed E-state index contributed by atoms with van der Waals surface area (Å²) in [5.74, 6) is 0. The second-order valence-electron chi connectivity index (χ2n) is 4.34. The molecule has 0 aliphatic carbocycles. The zero-order valence-electron chi connectivity index (χ0n) is 10.0. The van der Waals surface area contributed by atoms with Crippen LogP contribution in [0.1, 0.15) is 30.6 Å². The van der Waals surface area contributed by atoms with E-state index in [1.807, 2.05) is 18.2 Å². The second kappa shape index (κ2) is 5.19. The van der Waals surface area contributed by atoms with Gasteiger partial charge in [0, 0.05) is 13.1 Å². The Labute approximate surface area is 101 Å². The first-order valence-corrected chi connectivity index (χ1v) is 6.03. The summed E-state index contributed by atoms with van der Waals surface area (Å²) in [4.78, 5) is 13.1. The third-order valence-corrected chi connectivity index (χ3v) is 3.15. The molecule has 1 unspecified atom stereocenters. The molecule has 4 nitrogen and oxygen atoms in total. The summed E-state index contributed by atoms with van der Waals surface area (Å²) in [6.45, 7) is 3.94. The number of fused-ring (bicyclic) bond motifs is 1. The molecule has 1 aliphatic heterocycles. The molecule has 1 heterocycles. The molecule has 0 spiro atoms. The fourth-order valence-electron chi connectivity index (χ4n) is 2.43. The Morgan fingerprint density at radius 3 is 3.00 bits per heavy atom. The molecule has 1 aromatic carbocycles. The Hall–Kier alpha value is -1.55. The van der Waals surface area contributed by atoms with Gasteiger partial charge in [-0.2, -0.15) is 0 Å². The molecule has 0 bridgehead atoms. The van der Waals surface area contributed by atoms with E-state index in [0.29, 0.717) is 0 Å². The third-order valence-electron chi connectivity index (χ3n) is 3.15. The summed E-state index contributed by atoms with van der Waals surface area (Å²) >= 11 is 0. The summed E-state index contributed by atoms with van der Waals surface area (Å²) < 4.78 is 0. The standard InChI is InChI=1S/C13H18N2O2/c1-2-8-15-9-7-10-5-3-4-6-11(10)12(15)14-13(16)17/h3-6,12,14H,2,7-9H2,1H3,(H,16,17). The van der Waals surface area contributed by atoms with Crippen molar-refractivity contribution in [2.45, 2.75) is 25.9 Å². The maximum atomic E-state index is 10.9. The minimum absolute atomic E-state index is 0.197. The van der Waals surface area contributed by atoms with Crippen LogP contribution in [0.5, 0.6) is 0 Å². The van der Waals surface area contributed by atoms with Gasteiger partial charge in [-0.25, -0.2) is 4.79 Å². The average molecular weight is 234 g/mol. The van der Waals surface area contributed by atoms with Crippen LogP contribution in [0.15, 0.2) is 24.3 Å². The van der Waals surface area contributed by atoms with E-state index < -0.39 is 6.09 Å². The predicted molar refractivity (Wildman–Crippen MR) is 65.9 cm³/mol. The van der Waals surface area contributed by atoms with E-state index >= 15 is 0 Å². The first-order chi connectivity index (χ1) is 8.22. The molecule has 0 fully saturated rings. The topological polar surface area (TPSA) is 52.6 Å². The summed E-state index contributed by atoms with van der Waals surface area (Å²) in [6, 6.07) is 8.06. The van der Waals surface area contributed by atoms with E-state index in [1.54, 1.807) is 0 Å². The lowest BCUT2D eigenvalue weighted by Crippen LogP contribution is -2.45. The molecular weight excluding hydrogens is 216 g/mol. The number of hydrogen-bond acceptors (Lipinski definition) is 2. The molecule has 1 aliphatic rings. The smallest absolute Gasteiger partial charge is 0.406 e. The number of carbonyl (C=O) groups is 1. The molecule has 92 valence electrons. The van der Waals surface area contributed by atoms with Crippen LogP contribution in [0.25, 0.3) is 0 Å². The normalized spacial score (nSPS) is 19.7. The van der Waals surface area contributed by atoms with Crippen molar-refractivity contribution >= 4 is 6.09 Å². The highest BCUT2D eigenvalue weighted by molar-refractivity contribution is 5.65. The fourth-order valence-corrected chi connectivity index (χ4v) is 2.43. The van der Waals surface area contributed by atoms with Gasteiger partial charge in [-0.05, 0) is 24.0 Å². The highest BCUT2D eigenvalue weighted by atomic mass is 16.4. The summed E-state index contributed by atoms with van der Waals surface area (Å²) in [7, 11) is 0. The first-order valence-electron chi connectivity index (χ1n) is 6.03. The average Bonchev–Trinajstić information content (AvgIpc) is 2.32. The van der Waals surface area contributed by atoms with Crippen molar-refractivity contribution in [3.8, 4) is 0 Å². The SMILES string of the molecule is CCCN1CCc2ccccc2C1NC(=O)O. The lowest BCUT2D eigenvalue weighted by molar-refractivity contribution is 0.134. The highest BCUT2D eigenvalue weighted by Crippen LogP contribution is 2.27. The molecule has 1 atom stereocenters. The van der Waals surface area contributed by atoms with Gasteiger partial charge >= 0.3 is 6.09 Å². The fraction of sp³-hybridized carbons (Fsp3) is 0.462. The van der Waals surface area contributed by atoms with Crippen molar-refractivity contribution < 1.29 is 9.90 Å². The molecular formula is C13H18N2O2. The summed E-state index contributed by atoms with van der Waals surface area (Å²) in [6.07, 6.45) is 0.860. The second-order valence-corrected chi connectivity index (χ2v) is 4.34. The maximum Gasteiger partial charge on any atom is 0.406 e. The van der Waals surface area contributed by atoms with Gasteiger partial charge in [0.05, 0.1) is 0 Å². The van der Waals surface area contributed by atoms with Crippen LogP contribution in [-0.4, -0.2) is 29.2 Å². The Morgan fingerprint density at radius 1 is 1.53 bits per heavy atom. The lowest BCUT2D eigenvalue weighted by Gasteiger charge is -2.36. The lowest BCUT2D eigenvalue weighted by atomic mass is 9.97. The molecule has 0 saturated heterocycles. The number of nitrogens with zero attached hydrogens (tertiary/aromatic N) is 1. The van der Waals surface area contributed by atoms with Gasteiger partial charge in [-0.15, -0.1) is 0 Å². The molecule has 1 amide bonds. The van der Waals surface area contributed by atoms with E-state index in [9.17, 15) is 4.79 Å². The van der Waals surface area contributed by atoms with Crippen LogP contribution in [0.4, 0.5) is 4.79 Å². The van der Waals surface area contributed by atoms with Crippen LogP contribution < -0.4 is 5.32 Å². The molecule has 2 N–H and O–H groups in total. The van der Waals surface area contributed by atoms with E-state index in [2.05, 4.69) is 23.2 Å². The largest absolute Gasteiger partial charge is 0.465 e. The van der Waals surface area contributed by atoms with Gasteiger partial charge in [-0.1, -0.05) is 31.2 Å². The van der Waals surface area contributed by atoms with Crippen molar-refractivity contribution in [3.63, 3.8) is 0 Å². The highest BCUT2D eigenvalue weighted by Gasteiger charge is 2.27. The summed E-state index contributed by atoms with van der Waals surface area (Å²) in [5, 5.41) is 11.6. The number of hydrogen-bond donors (Lipinski definition) is 2. The quantitative estimate of drug-likeness (QED) is 0.843. The van der Waals surface area contributed by atoms with Gasteiger partial charge in [0.25, 0.3) is 0 Å². The number of carboxylic acid groups (broad SMARTS) is 1. The van der Waals surface area contributed by atoms with Crippen LogP contribution in [-0.2, 0) is 6.42 Å². The minimum Gasteiger partial charge on any atom is -0.465 e. The molecule has 4 heteroatoms. The molecule has 0 aromatic heterocycles. The molecule has 2 rings (SSSR count). The number of benzene rings is 1. The molecule has 17 heavy (non-hydrogen) atoms. The summed E-state index contributed by atoms with van der Waals surface area (Å²) in [5.41, 5.74) is 2.34. The first kappa shape index (κ1) is 11.9. The number of rotatable bonds is 3. The van der Waals surface area contributed by atoms with Gasteiger partial charge in [-0.3, -0.25) is 4.90 Å². The number of nitrogens with one attached hydrogen (secondary N) is 1. The minimum atomic E-state index is -0.965. The zero-order chi connectivity index (χ0) is 12.3. The van der Waals surface area contributed by atoms with E-state index in [4.69, 9.17) is 5.11 Å². The van der Waals surface area contributed by atoms with Gasteiger partial charge < -0.3 is 10.4 Å². The molecule has 1 aromatic rings. The number of amides is 1. The van der Waals surface area contributed by atoms with Gasteiger partial charge in [0.2, 0.25) is 0 Å². The predicted octanol–water partition coefficient (Wildman–Crippen LogP) is 2.22. The van der Waals surface area contributed by atoms with Crippen molar-refractivity contribution in [1.82, 2.24) is 10.2 Å². The van der Waals surface area contributed by atoms with Crippen LogP contribution in [0.2, 0.25) is 0 Å². The van der Waals surface area contributed by atoms with Crippen LogP contribution in [0, 0.1) is 0 Å². The molecule has 0 saturated carbocycles. The van der Waals surface area contributed by atoms with Gasteiger partial charge in [0.15, 0.2) is 0 Å². The Bertz CT molecular complexity index is 406. The Morgan fingerprint density at radius 2 is 2.29 bits per heavy atom. The van der Waals surface area contributed by atoms with E-state index in [0.717, 1.165) is 31.5 Å². The zero-order valence-corrected chi connectivity index (χ0v) is 10.0. The van der Waals surface area contributed by atoms with Crippen LogP contribution in [0.3, 0.4) is 0 Å². The third kappa shape index (κ3) is 2.58. The Kier molecular flexibility index (Phi) is 3.64.